The van der Waals surface area contributed by atoms with Gasteiger partial charge in [0.25, 0.3) is 0 Å². The third kappa shape index (κ3) is 3.39. The van der Waals surface area contributed by atoms with Crippen LogP contribution in [-0.2, 0) is 6.61 Å². The molecule has 0 spiro atoms. The van der Waals surface area contributed by atoms with Gasteiger partial charge in [0.1, 0.15) is 12.4 Å². The molecule has 3 heteroatoms. The Kier molecular flexibility index (Phi) is 3.93. The molecule has 0 bridgehead atoms. The molecule has 0 aliphatic rings. The van der Waals surface area contributed by atoms with Crippen LogP contribution in [0.4, 0.5) is 0 Å². The molecule has 0 saturated carbocycles. The molecule has 0 aliphatic heterocycles. The van der Waals surface area contributed by atoms with E-state index in [2.05, 4.69) is 0 Å². The van der Waals surface area contributed by atoms with Gasteiger partial charge in [0, 0.05) is 10.0 Å². The second-order valence-electron chi connectivity index (χ2n) is 3.82. The standard InChI is InChI=1S/C14H12Cl2O/c1-10-8-13(16)6-7-14(10)17-9-11-2-4-12(15)5-3-11/h2-8H,9H2,1H3. The van der Waals surface area contributed by atoms with Gasteiger partial charge in [0.2, 0.25) is 0 Å². The first-order valence-corrected chi connectivity index (χ1v) is 6.04. The predicted molar refractivity (Wildman–Crippen MR) is 72.0 cm³/mol. The molecule has 17 heavy (non-hydrogen) atoms. The zero-order valence-electron chi connectivity index (χ0n) is 9.41. The minimum Gasteiger partial charge on any atom is -0.489 e. The van der Waals surface area contributed by atoms with E-state index in [1.165, 1.54) is 0 Å². The zero-order chi connectivity index (χ0) is 12.3. The normalized spacial score (nSPS) is 10.3. The number of aryl methyl sites for hydroxylation is 1. The van der Waals surface area contributed by atoms with Crippen LogP contribution in [-0.4, -0.2) is 0 Å². The fourth-order valence-electron chi connectivity index (χ4n) is 1.52. The highest BCUT2D eigenvalue weighted by atomic mass is 35.5. The van der Waals surface area contributed by atoms with E-state index in [9.17, 15) is 0 Å². The van der Waals surface area contributed by atoms with E-state index in [1.54, 1.807) is 0 Å². The van der Waals surface area contributed by atoms with Gasteiger partial charge in [-0.15, -0.1) is 0 Å². The lowest BCUT2D eigenvalue weighted by Crippen LogP contribution is -1.96. The second kappa shape index (κ2) is 5.44. The monoisotopic (exact) mass is 266 g/mol. The first kappa shape index (κ1) is 12.3. The molecule has 0 radical (unpaired) electrons. The van der Waals surface area contributed by atoms with Crippen molar-refractivity contribution in [1.29, 1.82) is 0 Å². The Morgan fingerprint density at radius 3 is 2.24 bits per heavy atom. The summed E-state index contributed by atoms with van der Waals surface area (Å²) in [5, 5.41) is 1.46. The van der Waals surface area contributed by atoms with Crippen LogP contribution < -0.4 is 4.74 Å². The molecule has 0 aromatic heterocycles. The first-order valence-electron chi connectivity index (χ1n) is 5.28. The Hall–Kier alpha value is -1.18. The molecule has 0 fully saturated rings. The third-order valence-electron chi connectivity index (χ3n) is 2.44. The van der Waals surface area contributed by atoms with Crippen molar-refractivity contribution >= 4 is 23.2 Å². The van der Waals surface area contributed by atoms with Crippen molar-refractivity contribution in [2.24, 2.45) is 0 Å². The lowest BCUT2D eigenvalue weighted by molar-refractivity contribution is 0.304. The molecular formula is C14H12Cl2O. The topological polar surface area (TPSA) is 9.23 Å². The average molecular weight is 267 g/mol. The fraction of sp³-hybridized carbons (Fsp3) is 0.143. The largest absolute Gasteiger partial charge is 0.489 e. The summed E-state index contributed by atoms with van der Waals surface area (Å²) in [4.78, 5) is 0. The molecule has 2 rings (SSSR count). The van der Waals surface area contributed by atoms with Gasteiger partial charge in [-0.25, -0.2) is 0 Å². The Balaban J connectivity index is 2.04. The second-order valence-corrected chi connectivity index (χ2v) is 4.70. The Bertz CT molecular complexity index is 506. The lowest BCUT2D eigenvalue weighted by atomic mass is 10.2. The van der Waals surface area contributed by atoms with Crippen molar-refractivity contribution in [3.8, 4) is 5.75 Å². The molecule has 88 valence electrons. The molecule has 2 aromatic rings. The van der Waals surface area contributed by atoms with Crippen LogP contribution in [0, 0.1) is 6.92 Å². The van der Waals surface area contributed by atoms with E-state index in [0.717, 1.165) is 26.9 Å². The highest BCUT2D eigenvalue weighted by Gasteiger charge is 2.01. The minimum absolute atomic E-state index is 0.527. The summed E-state index contributed by atoms with van der Waals surface area (Å²) >= 11 is 11.7. The van der Waals surface area contributed by atoms with Gasteiger partial charge in [-0.3, -0.25) is 0 Å². The minimum atomic E-state index is 0.527. The van der Waals surface area contributed by atoms with Gasteiger partial charge in [0.15, 0.2) is 0 Å². The summed E-state index contributed by atoms with van der Waals surface area (Å²) in [6.45, 7) is 2.50. The van der Waals surface area contributed by atoms with Crippen molar-refractivity contribution < 1.29 is 4.74 Å². The number of hydrogen-bond donors (Lipinski definition) is 0. The Morgan fingerprint density at radius 2 is 1.59 bits per heavy atom. The number of benzene rings is 2. The first-order chi connectivity index (χ1) is 8.15. The maximum Gasteiger partial charge on any atom is 0.122 e. The van der Waals surface area contributed by atoms with Gasteiger partial charge in [0.05, 0.1) is 0 Å². The third-order valence-corrected chi connectivity index (χ3v) is 2.93. The molecule has 0 atom stereocenters. The van der Waals surface area contributed by atoms with E-state index < -0.39 is 0 Å². The zero-order valence-corrected chi connectivity index (χ0v) is 10.9. The van der Waals surface area contributed by atoms with Gasteiger partial charge >= 0.3 is 0 Å². The molecular weight excluding hydrogens is 255 g/mol. The summed E-state index contributed by atoms with van der Waals surface area (Å²) in [7, 11) is 0. The number of halogens is 2. The van der Waals surface area contributed by atoms with Crippen LogP contribution in [0.2, 0.25) is 10.0 Å². The molecule has 1 nitrogen and oxygen atoms in total. The number of rotatable bonds is 3. The van der Waals surface area contributed by atoms with Crippen LogP contribution >= 0.6 is 23.2 Å². The number of ether oxygens (including phenoxy) is 1. The summed E-state index contributed by atoms with van der Waals surface area (Å²) in [6, 6.07) is 13.2. The van der Waals surface area contributed by atoms with Crippen molar-refractivity contribution in [3.05, 3.63) is 63.6 Å². The van der Waals surface area contributed by atoms with E-state index in [4.69, 9.17) is 27.9 Å². The van der Waals surface area contributed by atoms with Crippen LogP contribution in [0.1, 0.15) is 11.1 Å². The Labute approximate surface area is 111 Å². The summed E-state index contributed by atoms with van der Waals surface area (Å²) < 4.78 is 5.72. The van der Waals surface area contributed by atoms with Crippen molar-refractivity contribution in [2.75, 3.05) is 0 Å². The molecule has 0 aliphatic carbocycles. The van der Waals surface area contributed by atoms with Crippen LogP contribution in [0.15, 0.2) is 42.5 Å². The highest BCUT2D eigenvalue weighted by molar-refractivity contribution is 6.30. The fourth-order valence-corrected chi connectivity index (χ4v) is 1.87. The lowest BCUT2D eigenvalue weighted by Gasteiger charge is -2.09. The van der Waals surface area contributed by atoms with Gasteiger partial charge in [-0.2, -0.15) is 0 Å². The smallest absolute Gasteiger partial charge is 0.122 e. The van der Waals surface area contributed by atoms with Gasteiger partial charge in [-0.05, 0) is 48.4 Å². The SMILES string of the molecule is Cc1cc(Cl)ccc1OCc1ccc(Cl)cc1. The van der Waals surface area contributed by atoms with Crippen molar-refractivity contribution in [3.63, 3.8) is 0 Å². The summed E-state index contributed by atoms with van der Waals surface area (Å²) in [5.41, 5.74) is 2.12. The molecule has 0 saturated heterocycles. The average Bonchev–Trinajstić information content (AvgIpc) is 2.30. The molecule has 0 heterocycles. The highest BCUT2D eigenvalue weighted by Crippen LogP contribution is 2.22. The van der Waals surface area contributed by atoms with E-state index in [0.29, 0.717) is 6.61 Å². The quantitative estimate of drug-likeness (QED) is 0.770. The number of hydrogen-bond acceptors (Lipinski definition) is 1. The molecule has 0 N–H and O–H groups in total. The Morgan fingerprint density at radius 1 is 0.941 bits per heavy atom. The van der Waals surface area contributed by atoms with Crippen LogP contribution in [0.25, 0.3) is 0 Å². The van der Waals surface area contributed by atoms with Crippen LogP contribution in [0.5, 0.6) is 5.75 Å². The molecule has 0 unspecified atom stereocenters. The van der Waals surface area contributed by atoms with Crippen LogP contribution in [0.3, 0.4) is 0 Å². The summed E-state index contributed by atoms with van der Waals surface area (Å²) in [5.74, 6) is 0.851. The van der Waals surface area contributed by atoms with Crippen molar-refractivity contribution in [1.82, 2.24) is 0 Å². The van der Waals surface area contributed by atoms with Gasteiger partial charge < -0.3 is 4.74 Å². The molecule has 0 amide bonds. The maximum atomic E-state index is 5.88. The van der Waals surface area contributed by atoms with E-state index in [-0.39, 0.29) is 0 Å². The van der Waals surface area contributed by atoms with Gasteiger partial charge in [-0.1, -0.05) is 35.3 Å². The van der Waals surface area contributed by atoms with E-state index in [1.807, 2.05) is 49.4 Å². The maximum absolute atomic E-state index is 5.88. The molecule has 2 aromatic carbocycles. The summed E-state index contributed by atoms with van der Waals surface area (Å²) in [6.07, 6.45) is 0. The van der Waals surface area contributed by atoms with E-state index >= 15 is 0 Å². The van der Waals surface area contributed by atoms with Crippen molar-refractivity contribution in [2.45, 2.75) is 13.5 Å². The predicted octanol–water partition coefficient (Wildman–Crippen LogP) is 4.88.